The van der Waals surface area contributed by atoms with Gasteiger partial charge in [0.25, 0.3) is 0 Å². The summed E-state index contributed by atoms with van der Waals surface area (Å²) in [6.07, 6.45) is -23.6. The molecule has 1 unspecified atom stereocenters. The maximum absolute atomic E-state index is 13.6. The summed E-state index contributed by atoms with van der Waals surface area (Å²) < 4.78 is 175. The molecule has 0 N–H and O–H groups in total. The van der Waals surface area contributed by atoms with Gasteiger partial charge in [-0.1, -0.05) is 0 Å². The van der Waals surface area contributed by atoms with Crippen molar-refractivity contribution in [2.45, 2.75) is 51.9 Å². The Balaban J connectivity index is 2.67. The molecule has 0 aliphatic heterocycles. The summed E-state index contributed by atoms with van der Waals surface area (Å²) in [6, 6.07) is 0.0231. The van der Waals surface area contributed by atoms with Gasteiger partial charge in [-0.3, -0.25) is 14.4 Å². The molecule has 6 nitrogen and oxygen atoms in total. The largest absolute Gasteiger partial charge is 0.466 e. The van der Waals surface area contributed by atoms with Crippen molar-refractivity contribution in [2.75, 3.05) is 6.61 Å². The first-order valence-corrected chi connectivity index (χ1v) is 11.5. The summed E-state index contributed by atoms with van der Waals surface area (Å²) in [6.45, 7) is 2.27. The van der Waals surface area contributed by atoms with E-state index in [1.54, 1.807) is 0 Å². The van der Waals surface area contributed by atoms with E-state index in [1.165, 1.54) is 6.92 Å². The highest BCUT2D eigenvalue weighted by Crippen LogP contribution is 2.46. The molecule has 0 spiro atoms. The zero-order chi connectivity index (χ0) is 33.3. The highest BCUT2D eigenvalue weighted by Gasteiger charge is 2.46. The second-order valence-electron chi connectivity index (χ2n) is 8.75. The summed E-state index contributed by atoms with van der Waals surface area (Å²) in [7, 11) is 0. The standard InChI is InChI=1S/C25H18F12O6/c1-4-41-17(38)9-13(20(39)42-18-11(3)7-12(22(26,27)28)8-16(18)25(35,36)37)21(40)43-19-14(23(29,30)31)5-10(2)6-15(19)24(32,33)34/h5-8,13H,4,9H2,1-3H3. The molecule has 0 saturated carbocycles. The van der Waals surface area contributed by atoms with Gasteiger partial charge in [0.05, 0.1) is 35.3 Å². The predicted molar refractivity (Wildman–Crippen MR) is 118 cm³/mol. The minimum absolute atomic E-state index is 0.133. The Bertz CT molecular complexity index is 1350. The predicted octanol–water partition coefficient (Wildman–Crippen LogP) is 7.46. The SMILES string of the molecule is CCOC(=O)CC(C(=O)Oc1c(C)cc(C(F)(F)F)cc1C(F)(F)F)C(=O)Oc1c(C(F)(F)F)cc(C)cc1C(F)(F)F. The van der Waals surface area contributed by atoms with Crippen LogP contribution in [-0.4, -0.2) is 24.5 Å². The van der Waals surface area contributed by atoms with Crippen LogP contribution < -0.4 is 9.47 Å². The lowest BCUT2D eigenvalue weighted by Crippen LogP contribution is -2.35. The van der Waals surface area contributed by atoms with E-state index in [1.807, 2.05) is 0 Å². The first-order chi connectivity index (χ1) is 19.4. The third-order valence-corrected chi connectivity index (χ3v) is 5.40. The number of halogens is 12. The number of alkyl halides is 12. The van der Waals surface area contributed by atoms with E-state index in [-0.39, 0.29) is 18.2 Å². The molecule has 0 heterocycles. The number of esters is 3. The molecule has 0 amide bonds. The van der Waals surface area contributed by atoms with Crippen LogP contribution in [0.3, 0.4) is 0 Å². The van der Waals surface area contributed by atoms with Gasteiger partial charge in [-0.15, -0.1) is 0 Å². The molecule has 0 aliphatic rings. The highest BCUT2D eigenvalue weighted by molar-refractivity contribution is 6.00. The molecule has 0 fully saturated rings. The van der Waals surface area contributed by atoms with Crippen LogP contribution in [0, 0.1) is 19.8 Å². The first kappa shape index (κ1) is 35.2. The van der Waals surface area contributed by atoms with Crippen LogP contribution >= 0.6 is 0 Å². The van der Waals surface area contributed by atoms with Gasteiger partial charge in [0, 0.05) is 0 Å². The Labute approximate surface area is 233 Å². The second-order valence-corrected chi connectivity index (χ2v) is 8.75. The fraction of sp³-hybridized carbons (Fsp3) is 0.400. The Morgan fingerprint density at radius 1 is 0.651 bits per heavy atom. The Hall–Kier alpha value is -3.99. The number of hydrogen-bond acceptors (Lipinski definition) is 6. The van der Waals surface area contributed by atoms with Crippen molar-refractivity contribution in [1.29, 1.82) is 0 Å². The molecule has 238 valence electrons. The van der Waals surface area contributed by atoms with Crippen LogP contribution in [0.25, 0.3) is 0 Å². The molecule has 0 bridgehead atoms. The lowest BCUT2D eigenvalue weighted by Gasteiger charge is -2.22. The number of rotatable bonds is 7. The van der Waals surface area contributed by atoms with Crippen molar-refractivity contribution in [1.82, 2.24) is 0 Å². The van der Waals surface area contributed by atoms with Gasteiger partial charge in [-0.2, -0.15) is 52.7 Å². The minimum atomic E-state index is -5.61. The van der Waals surface area contributed by atoms with Crippen molar-refractivity contribution < 1.29 is 81.3 Å². The number of ether oxygens (including phenoxy) is 3. The van der Waals surface area contributed by atoms with E-state index in [0.717, 1.165) is 6.92 Å². The van der Waals surface area contributed by atoms with E-state index in [0.29, 0.717) is 6.92 Å². The summed E-state index contributed by atoms with van der Waals surface area (Å²) in [5.74, 6) is -12.6. The fourth-order valence-corrected chi connectivity index (χ4v) is 3.58. The van der Waals surface area contributed by atoms with Crippen LogP contribution in [0.4, 0.5) is 52.7 Å². The minimum Gasteiger partial charge on any atom is -0.466 e. The van der Waals surface area contributed by atoms with Gasteiger partial charge in [0.2, 0.25) is 0 Å². The van der Waals surface area contributed by atoms with Crippen molar-refractivity contribution in [3.8, 4) is 11.5 Å². The van der Waals surface area contributed by atoms with E-state index in [9.17, 15) is 67.1 Å². The molecule has 2 rings (SSSR count). The molecule has 0 aliphatic carbocycles. The van der Waals surface area contributed by atoms with Crippen molar-refractivity contribution in [3.63, 3.8) is 0 Å². The zero-order valence-corrected chi connectivity index (χ0v) is 21.8. The highest BCUT2D eigenvalue weighted by atomic mass is 19.4. The number of carbonyl (C=O) groups is 3. The Morgan fingerprint density at radius 2 is 1.07 bits per heavy atom. The number of aryl methyl sites for hydroxylation is 2. The van der Waals surface area contributed by atoms with Crippen molar-refractivity contribution >= 4 is 17.9 Å². The lowest BCUT2D eigenvalue weighted by molar-refractivity contribution is -0.160. The van der Waals surface area contributed by atoms with E-state index < -0.39 is 113 Å². The zero-order valence-electron chi connectivity index (χ0n) is 21.8. The molecular formula is C25H18F12O6. The van der Waals surface area contributed by atoms with Crippen molar-refractivity contribution in [2.24, 2.45) is 5.92 Å². The summed E-state index contributed by atoms with van der Waals surface area (Å²) >= 11 is 0. The molecule has 2 aromatic carbocycles. The third-order valence-electron chi connectivity index (χ3n) is 5.40. The maximum Gasteiger partial charge on any atom is 0.420 e. The van der Waals surface area contributed by atoms with Crippen LogP contribution in [-0.2, 0) is 43.8 Å². The Kier molecular flexibility index (Phi) is 10.1. The van der Waals surface area contributed by atoms with E-state index in [4.69, 9.17) is 0 Å². The summed E-state index contributed by atoms with van der Waals surface area (Å²) in [5, 5.41) is 0. The van der Waals surface area contributed by atoms with Gasteiger partial charge < -0.3 is 14.2 Å². The number of benzene rings is 2. The second kappa shape index (κ2) is 12.3. The third kappa shape index (κ3) is 8.76. The van der Waals surface area contributed by atoms with Crippen LogP contribution in [0.5, 0.6) is 11.5 Å². The van der Waals surface area contributed by atoms with Crippen LogP contribution in [0.15, 0.2) is 24.3 Å². The number of hydrogen-bond donors (Lipinski definition) is 0. The normalized spacial score (nSPS) is 13.4. The van der Waals surface area contributed by atoms with E-state index in [2.05, 4.69) is 14.2 Å². The van der Waals surface area contributed by atoms with Gasteiger partial charge in [0.1, 0.15) is 5.75 Å². The monoisotopic (exact) mass is 642 g/mol. The summed E-state index contributed by atoms with van der Waals surface area (Å²) in [4.78, 5) is 37.7. The van der Waals surface area contributed by atoms with Crippen LogP contribution in [0.2, 0.25) is 0 Å². The smallest absolute Gasteiger partial charge is 0.420 e. The molecular weight excluding hydrogens is 624 g/mol. The molecule has 2 aromatic rings. The molecule has 0 saturated heterocycles. The lowest BCUT2D eigenvalue weighted by atomic mass is 10.0. The van der Waals surface area contributed by atoms with Gasteiger partial charge in [-0.05, 0) is 56.2 Å². The average molecular weight is 642 g/mol. The fourth-order valence-electron chi connectivity index (χ4n) is 3.58. The van der Waals surface area contributed by atoms with Gasteiger partial charge >= 0.3 is 42.6 Å². The number of carbonyl (C=O) groups excluding carboxylic acids is 3. The quantitative estimate of drug-likeness (QED) is 0.135. The molecule has 43 heavy (non-hydrogen) atoms. The first-order valence-electron chi connectivity index (χ1n) is 11.5. The molecule has 0 aromatic heterocycles. The Morgan fingerprint density at radius 3 is 1.47 bits per heavy atom. The van der Waals surface area contributed by atoms with Gasteiger partial charge in [0.15, 0.2) is 11.7 Å². The topological polar surface area (TPSA) is 78.9 Å². The van der Waals surface area contributed by atoms with Crippen molar-refractivity contribution in [3.05, 3.63) is 57.6 Å². The summed E-state index contributed by atoms with van der Waals surface area (Å²) in [5.41, 5.74) is -9.80. The molecule has 1 atom stereocenters. The van der Waals surface area contributed by atoms with Gasteiger partial charge in [-0.25, -0.2) is 0 Å². The molecule has 18 heteroatoms. The van der Waals surface area contributed by atoms with E-state index >= 15 is 0 Å². The average Bonchev–Trinajstić information content (AvgIpc) is 2.81. The molecule has 0 radical (unpaired) electrons. The van der Waals surface area contributed by atoms with Crippen LogP contribution in [0.1, 0.15) is 46.7 Å². The maximum atomic E-state index is 13.6.